The van der Waals surface area contributed by atoms with Crippen molar-refractivity contribution >= 4 is 41.4 Å². The molecule has 0 radical (unpaired) electrons. The van der Waals surface area contributed by atoms with Crippen molar-refractivity contribution < 1.29 is 33.4 Å². The molecule has 2 fully saturated rings. The van der Waals surface area contributed by atoms with E-state index in [0.29, 0.717) is 51.4 Å². The predicted octanol–water partition coefficient (Wildman–Crippen LogP) is 4.65. The molecule has 2 N–H and O–H groups in total. The van der Waals surface area contributed by atoms with Gasteiger partial charge in [-0.15, -0.1) is 0 Å². The molecule has 256 valence electrons. The predicted molar refractivity (Wildman–Crippen MR) is 176 cm³/mol. The highest BCUT2D eigenvalue weighted by atomic mass is 16.6. The number of carbonyl (C=O) groups is 4. The number of piperazine rings is 1. The van der Waals surface area contributed by atoms with Crippen LogP contribution in [0.25, 0.3) is 0 Å². The molecule has 0 spiro atoms. The number of ether oxygens (including phenoxy) is 3. The van der Waals surface area contributed by atoms with E-state index >= 15 is 0 Å². The van der Waals surface area contributed by atoms with Gasteiger partial charge in [-0.3, -0.25) is 9.59 Å². The summed E-state index contributed by atoms with van der Waals surface area (Å²) in [6.07, 6.45) is -0.271. The number of hydrogen-bond donors (Lipinski definition) is 1. The molecule has 13 nitrogen and oxygen atoms in total. The number of anilines is 1. The van der Waals surface area contributed by atoms with Crippen molar-refractivity contribution in [3.05, 3.63) is 24.3 Å². The maximum Gasteiger partial charge on any atom is 0.417 e. The number of esters is 1. The minimum absolute atomic E-state index is 0.0550. The summed E-state index contributed by atoms with van der Waals surface area (Å²) in [7, 11) is 0. The molecule has 1 aromatic rings. The van der Waals surface area contributed by atoms with Gasteiger partial charge in [0.25, 0.3) is 0 Å². The third-order valence-electron chi connectivity index (χ3n) is 6.91. The van der Waals surface area contributed by atoms with Gasteiger partial charge in [-0.05, 0) is 93.4 Å². The fraction of sp³-hybridized carbons (Fsp3) is 0.667. The fourth-order valence-electron chi connectivity index (χ4n) is 4.85. The van der Waals surface area contributed by atoms with Gasteiger partial charge in [0, 0.05) is 51.4 Å². The Hall–Kier alpha value is -3.87. The van der Waals surface area contributed by atoms with Gasteiger partial charge >= 0.3 is 18.2 Å². The van der Waals surface area contributed by atoms with Crippen LogP contribution >= 0.6 is 0 Å². The number of nitrogens with zero attached hydrogens (tertiary/aromatic N) is 5. The van der Waals surface area contributed by atoms with Crippen LogP contribution in [0.15, 0.2) is 29.3 Å². The van der Waals surface area contributed by atoms with Crippen molar-refractivity contribution in [3.8, 4) is 0 Å². The molecule has 0 aromatic heterocycles. The highest BCUT2D eigenvalue weighted by molar-refractivity contribution is 6.03. The molecule has 2 aliphatic heterocycles. The van der Waals surface area contributed by atoms with E-state index in [-0.39, 0.29) is 24.7 Å². The quantitative estimate of drug-likeness (QED) is 0.345. The minimum Gasteiger partial charge on any atom is -0.459 e. The van der Waals surface area contributed by atoms with Crippen molar-refractivity contribution in [2.75, 3.05) is 44.2 Å². The molecule has 2 aliphatic rings. The van der Waals surface area contributed by atoms with E-state index in [1.165, 1.54) is 9.80 Å². The van der Waals surface area contributed by atoms with Gasteiger partial charge in [0.2, 0.25) is 11.9 Å². The molecule has 1 atom stereocenters. The first-order chi connectivity index (χ1) is 21.2. The second kappa shape index (κ2) is 14.7. The van der Waals surface area contributed by atoms with Gasteiger partial charge in [-0.2, -0.15) is 0 Å². The Morgan fingerprint density at radius 2 is 1.30 bits per heavy atom. The summed E-state index contributed by atoms with van der Waals surface area (Å²) >= 11 is 0. The topological polar surface area (TPSA) is 147 Å². The zero-order valence-corrected chi connectivity index (χ0v) is 28.9. The van der Waals surface area contributed by atoms with E-state index in [1.807, 2.05) is 18.2 Å². The Morgan fingerprint density at radius 3 is 1.80 bits per heavy atom. The largest absolute Gasteiger partial charge is 0.459 e. The number of aliphatic imine (C=N–C) groups is 1. The lowest BCUT2D eigenvalue weighted by Crippen LogP contribution is -2.56. The maximum absolute atomic E-state index is 13.2. The highest BCUT2D eigenvalue weighted by Crippen LogP contribution is 2.26. The second-order valence-corrected chi connectivity index (χ2v) is 14.6. The molecular formula is C33H52N6O7. The van der Waals surface area contributed by atoms with Crippen LogP contribution in [0.1, 0.15) is 81.6 Å². The Morgan fingerprint density at radius 1 is 0.783 bits per heavy atom. The number of nitrogens with two attached hydrogens (primary N) is 1. The molecule has 3 amide bonds. The number of rotatable bonds is 6. The van der Waals surface area contributed by atoms with E-state index < -0.39 is 41.0 Å². The number of benzene rings is 1. The Labute approximate surface area is 273 Å². The van der Waals surface area contributed by atoms with Crippen molar-refractivity contribution in [1.82, 2.24) is 14.7 Å². The normalized spacial score (nSPS) is 17.0. The first-order valence-corrected chi connectivity index (χ1v) is 15.9. The third-order valence-corrected chi connectivity index (χ3v) is 6.91. The average Bonchev–Trinajstić information content (AvgIpc) is 2.93. The summed E-state index contributed by atoms with van der Waals surface area (Å²) in [4.78, 5) is 62.9. The molecule has 13 heteroatoms. The molecule has 0 bridgehead atoms. The lowest BCUT2D eigenvalue weighted by molar-refractivity contribution is -0.156. The first-order valence-electron chi connectivity index (χ1n) is 15.9. The minimum atomic E-state index is -0.851. The number of amides is 3. The van der Waals surface area contributed by atoms with Gasteiger partial charge in [0.15, 0.2) is 0 Å². The second-order valence-electron chi connectivity index (χ2n) is 14.6. The van der Waals surface area contributed by atoms with Gasteiger partial charge < -0.3 is 29.7 Å². The average molecular weight is 645 g/mol. The molecule has 46 heavy (non-hydrogen) atoms. The van der Waals surface area contributed by atoms with Crippen LogP contribution in [0, 0.1) is 0 Å². The lowest BCUT2D eigenvalue weighted by Gasteiger charge is -2.38. The molecule has 2 heterocycles. The van der Waals surface area contributed by atoms with Crippen LogP contribution in [0.3, 0.4) is 0 Å². The van der Waals surface area contributed by atoms with Crippen molar-refractivity contribution in [2.45, 2.75) is 104 Å². The van der Waals surface area contributed by atoms with Crippen LogP contribution in [0.5, 0.6) is 0 Å². The maximum atomic E-state index is 13.2. The summed E-state index contributed by atoms with van der Waals surface area (Å²) in [6, 6.07) is 6.66. The van der Waals surface area contributed by atoms with Crippen LogP contribution in [-0.4, -0.2) is 107 Å². The Kier molecular flexibility index (Phi) is 11.7. The summed E-state index contributed by atoms with van der Waals surface area (Å²) in [6.45, 7) is 18.9. The zero-order valence-electron chi connectivity index (χ0n) is 28.9. The molecule has 0 aliphatic carbocycles. The van der Waals surface area contributed by atoms with Crippen molar-refractivity contribution in [3.63, 3.8) is 0 Å². The number of hydrogen-bond acceptors (Lipinski definition) is 10. The van der Waals surface area contributed by atoms with Crippen LogP contribution in [0.4, 0.5) is 21.0 Å². The van der Waals surface area contributed by atoms with E-state index in [0.717, 1.165) is 5.69 Å². The lowest BCUT2D eigenvalue weighted by atomic mass is 10.1. The standard InChI is InChI=1S/C33H52N6O7/c1-31(2,3)44-27(41)25(34)14-15-26(40)37-20-18-36(19-21-37)24-13-10-12-23(22-24)35-28-38(29(42)45-32(4,5)6)16-11-17-39(28)30(43)46-33(7,8)9/h10,12-13,22,25H,11,14-21,34H2,1-9H3/t25-/m0/s1. The van der Waals surface area contributed by atoms with Gasteiger partial charge in [0.05, 0.1) is 5.69 Å². The molecular weight excluding hydrogens is 592 g/mol. The number of guanidine groups is 1. The number of carbonyl (C=O) groups excluding carboxylic acids is 4. The summed E-state index contributed by atoms with van der Waals surface area (Å²) in [5.41, 5.74) is 5.30. The van der Waals surface area contributed by atoms with Crippen molar-refractivity contribution in [2.24, 2.45) is 10.7 Å². The summed E-state index contributed by atoms with van der Waals surface area (Å²) in [5.74, 6) is -0.419. The van der Waals surface area contributed by atoms with Crippen molar-refractivity contribution in [1.29, 1.82) is 0 Å². The Balaban J connectivity index is 1.73. The first kappa shape index (κ1) is 36.6. The van der Waals surface area contributed by atoms with Gasteiger partial charge in [-0.25, -0.2) is 24.4 Å². The van der Waals surface area contributed by atoms with E-state index in [2.05, 4.69) is 4.90 Å². The molecule has 1 aromatic carbocycles. The molecule has 0 saturated carbocycles. The SMILES string of the molecule is CC(C)(C)OC(=O)[C@@H](N)CCC(=O)N1CCN(c2cccc(N=C3N(C(=O)OC(C)(C)C)CCCN3C(=O)OC(C)(C)C)c2)CC1. The molecule has 2 saturated heterocycles. The third kappa shape index (κ3) is 11.2. The molecule has 3 rings (SSSR count). The smallest absolute Gasteiger partial charge is 0.417 e. The van der Waals surface area contributed by atoms with Gasteiger partial charge in [0.1, 0.15) is 22.8 Å². The summed E-state index contributed by atoms with van der Waals surface area (Å²) in [5, 5.41) is 0. The highest BCUT2D eigenvalue weighted by Gasteiger charge is 2.37. The van der Waals surface area contributed by atoms with Crippen LogP contribution < -0.4 is 10.6 Å². The monoisotopic (exact) mass is 644 g/mol. The van der Waals surface area contributed by atoms with E-state index in [1.54, 1.807) is 73.3 Å². The van der Waals surface area contributed by atoms with Gasteiger partial charge in [-0.1, -0.05) is 6.07 Å². The summed E-state index contributed by atoms with van der Waals surface area (Å²) < 4.78 is 16.6. The van der Waals surface area contributed by atoms with E-state index in [4.69, 9.17) is 24.9 Å². The zero-order chi connectivity index (χ0) is 34.4. The fourth-order valence-corrected chi connectivity index (χ4v) is 4.85. The van der Waals surface area contributed by atoms with Crippen LogP contribution in [-0.2, 0) is 23.8 Å². The van der Waals surface area contributed by atoms with Crippen LogP contribution in [0.2, 0.25) is 0 Å². The molecule has 0 unspecified atom stereocenters. The van der Waals surface area contributed by atoms with E-state index in [9.17, 15) is 19.2 Å². The Bertz CT molecular complexity index is 1250.